The first-order valence-electron chi connectivity index (χ1n) is 8.76. The van der Waals surface area contributed by atoms with Crippen LogP contribution in [0.1, 0.15) is 20.7 Å². The molecule has 2 saturated carbocycles. The van der Waals surface area contributed by atoms with Gasteiger partial charge in [0.15, 0.2) is 33.2 Å². The van der Waals surface area contributed by atoms with Gasteiger partial charge in [0.2, 0.25) is 0 Å². The molecule has 0 radical (unpaired) electrons. The number of carbonyl (C=O) groups is 2. The minimum absolute atomic E-state index is 0.355. The second-order valence-electron chi connectivity index (χ2n) is 7.27. The molecule has 0 saturated heterocycles. The van der Waals surface area contributed by atoms with Gasteiger partial charge in [-0.15, -0.1) is 0 Å². The predicted octanol–water partition coefficient (Wildman–Crippen LogP) is 1.45. The van der Waals surface area contributed by atoms with E-state index in [-0.39, 0.29) is 11.1 Å². The summed E-state index contributed by atoms with van der Waals surface area (Å²) in [6.07, 6.45) is 0. The van der Waals surface area contributed by atoms with Crippen molar-refractivity contribution in [2.45, 2.75) is 0 Å². The van der Waals surface area contributed by atoms with Gasteiger partial charge in [-0.05, 0) is 0 Å². The van der Waals surface area contributed by atoms with E-state index in [1.807, 2.05) is 0 Å². The maximum atomic E-state index is 13.2. The largest absolute Gasteiger partial charge is 0.294 e. The van der Waals surface area contributed by atoms with Crippen molar-refractivity contribution in [1.82, 2.24) is 0 Å². The summed E-state index contributed by atoms with van der Waals surface area (Å²) >= 11 is 0. The van der Waals surface area contributed by atoms with Gasteiger partial charge in [0, 0.05) is 11.1 Å². The molecule has 0 unspecified atom stereocenters. The molecule has 2 aliphatic carbocycles. The third-order valence-electron chi connectivity index (χ3n) is 6.20. The molecule has 0 heterocycles. The Morgan fingerprint density at radius 3 is 0.938 bits per heavy atom. The van der Waals surface area contributed by atoms with Crippen LogP contribution in [-0.4, -0.2) is 11.6 Å². The van der Waals surface area contributed by atoms with Gasteiger partial charge in [-0.1, -0.05) is 24.3 Å². The summed E-state index contributed by atoms with van der Waals surface area (Å²) < 4.78 is 0. The number of nitrogens with zero attached hydrogens (tertiary/aromatic N) is 8. The Kier molecular flexibility index (Phi) is 4.30. The van der Waals surface area contributed by atoms with Crippen molar-refractivity contribution in [1.29, 1.82) is 42.1 Å². The van der Waals surface area contributed by atoms with Crippen LogP contribution in [0.2, 0.25) is 0 Å². The summed E-state index contributed by atoms with van der Waals surface area (Å²) in [6.45, 7) is 0. The molecule has 1 aromatic rings. The average molecular weight is 414 g/mol. The lowest BCUT2D eigenvalue weighted by molar-refractivity contribution is 0.0920. The fourth-order valence-electron chi connectivity index (χ4n) is 4.28. The topological polar surface area (TPSA) is 224 Å². The van der Waals surface area contributed by atoms with Crippen molar-refractivity contribution < 1.29 is 9.59 Å². The fourth-order valence-corrected chi connectivity index (χ4v) is 4.28. The number of benzene rings is 1. The zero-order chi connectivity index (χ0) is 23.9. The summed E-state index contributed by atoms with van der Waals surface area (Å²) in [4.78, 5) is 26.5. The molecule has 32 heavy (non-hydrogen) atoms. The van der Waals surface area contributed by atoms with Gasteiger partial charge in [-0.25, -0.2) is 0 Å². The summed E-state index contributed by atoms with van der Waals surface area (Å²) in [6, 6.07) is 17.5. The van der Waals surface area contributed by atoms with Gasteiger partial charge in [0.1, 0.15) is 0 Å². The second kappa shape index (κ2) is 6.50. The monoisotopic (exact) mass is 414 g/mol. The number of ketones is 2. The predicted molar refractivity (Wildman–Crippen MR) is 96.7 cm³/mol. The van der Waals surface area contributed by atoms with E-state index in [1.54, 1.807) is 48.6 Å². The van der Waals surface area contributed by atoms with E-state index >= 15 is 0 Å². The van der Waals surface area contributed by atoms with Crippen LogP contribution >= 0.6 is 0 Å². The standard InChI is InChI=1S/C22H6N8O2/c23-5-19(6-24)17(20(19,7-25)8-26)15(31)13-3-1-2-4-14(13)16(32)18-21(9-27,10-28)22(18,11-29)12-30/h1-4,17-18H. The van der Waals surface area contributed by atoms with E-state index in [0.717, 1.165) is 12.1 Å². The number of hydrogen-bond donors (Lipinski definition) is 0. The highest BCUT2D eigenvalue weighted by Gasteiger charge is 2.85. The van der Waals surface area contributed by atoms with Crippen LogP contribution in [-0.2, 0) is 0 Å². The highest BCUT2D eigenvalue weighted by molar-refractivity contribution is 6.14. The highest BCUT2D eigenvalue weighted by atomic mass is 16.1. The van der Waals surface area contributed by atoms with Gasteiger partial charge in [0.05, 0.1) is 60.4 Å². The van der Waals surface area contributed by atoms with E-state index in [4.69, 9.17) is 0 Å². The Labute approximate surface area is 181 Å². The maximum absolute atomic E-state index is 13.2. The molecular weight excluding hydrogens is 408 g/mol. The van der Waals surface area contributed by atoms with E-state index in [9.17, 15) is 51.7 Å². The molecule has 0 amide bonds. The van der Waals surface area contributed by atoms with Crippen LogP contribution in [0, 0.1) is 124 Å². The summed E-state index contributed by atoms with van der Waals surface area (Å²) in [7, 11) is 0. The average Bonchev–Trinajstić information content (AvgIpc) is 3.67. The maximum Gasteiger partial charge on any atom is 0.188 e. The highest BCUT2D eigenvalue weighted by Crippen LogP contribution is 2.70. The van der Waals surface area contributed by atoms with E-state index in [0.29, 0.717) is 0 Å². The van der Waals surface area contributed by atoms with Crippen molar-refractivity contribution in [3.05, 3.63) is 35.4 Å². The van der Waals surface area contributed by atoms with Gasteiger partial charge >= 0.3 is 0 Å². The number of nitriles is 8. The molecular formula is C22H6N8O2. The van der Waals surface area contributed by atoms with Crippen LogP contribution in [0.4, 0.5) is 0 Å². The molecule has 10 nitrogen and oxygen atoms in total. The first-order chi connectivity index (χ1) is 15.3. The fraction of sp³-hybridized carbons (Fsp3) is 0.273. The smallest absolute Gasteiger partial charge is 0.188 e. The molecule has 3 rings (SSSR count). The van der Waals surface area contributed by atoms with Crippen LogP contribution in [0.25, 0.3) is 0 Å². The third kappa shape index (κ3) is 1.94. The summed E-state index contributed by atoms with van der Waals surface area (Å²) in [5.74, 6) is -5.33. The first-order valence-corrected chi connectivity index (χ1v) is 8.76. The number of carbonyl (C=O) groups excluding carboxylic acids is 2. The normalized spacial score (nSPS) is 20.0. The lowest BCUT2D eigenvalue weighted by Crippen LogP contribution is -2.17. The molecule has 0 bridgehead atoms. The van der Waals surface area contributed by atoms with Crippen molar-refractivity contribution in [2.24, 2.45) is 33.5 Å². The Bertz CT molecular complexity index is 1210. The Balaban J connectivity index is 2.15. The molecule has 0 spiro atoms. The van der Waals surface area contributed by atoms with Gasteiger partial charge in [-0.2, -0.15) is 42.1 Å². The minimum atomic E-state index is -2.24. The van der Waals surface area contributed by atoms with Gasteiger partial charge < -0.3 is 0 Å². The molecule has 0 N–H and O–H groups in total. The second-order valence-corrected chi connectivity index (χ2v) is 7.27. The Hall–Kier alpha value is -5.52. The number of Topliss-reactive ketones (excluding diaryl/α,β-unsaturated/α-hetero) is 2. The molecule has 1 aromatic carbocycles. The zero-order valence-corrected chi connectivity index (χ0v) is 15.9. The van der Waals surface area contributed by atoms with Crippen molar-refractivity contribution in [3.8, 4) is 48.6 Å². The van der Waals surface area contributed by atoms with Crippen LogP contribution in [0.5, 0.6) is 0 Å². The van der Waals surface area contributed by atoms with E-state index in [2.05, 4.69) is 0 Å². The SMILES string of the molecule is N#CC1(C#N)C(C(=O)c2ccccc2C(=O)C2C(C#N)(C#N)C2(C#N)C#N)C1(C#N)C#N. The number of rotatable bonds is 4. The number of hydrogen-bond acceptors (Lipinski definition) is 10. The van der Waals surface area contributed by atoms with Crippen molar-refractivity contribution >= 4 is 11.6 Å². The first kappa shape index (κ1) is 21.2. The van der Waals surface area contributed by atoms with Crippen LogP contribution < -0.4 is 0 Å². The minimum Gasteiger partial charge on any atom is -0.294 e. The quantitative estimate of drug-likeness (QED) is 0.644. The van der Waals surface area contributed by atoms with E-state index < -0.39 is 45.1 Å². The molecule has 0 atom stereocenters. The van der Waals surface area contributed by atoms with Crippen LogP contribution in [0.15, 0.2) is 24.3 Å². The zero-order valence-electron chi connectivity index (χ0n) is 15.9. The Morgan fingerprint density at radius 2 is 0.750 bits per heavy atom. The molecule has 146 valence electrons. The molecule has 0 aliphatic heterocycles. The third-order valence-corrected chi connectivity index (χ3v) is 6.20. The van der Waals surface area contributed by atoms with Crippen LogP contribution in [0.3, 0.4) is 0 Å². The van der Waals surface area contributed by atoms with E-state index in [1.165, 1.54) is 12.1 Å². The Morgan fingerprint density at radius 1 is 0.531 bits per heavy atom. The van der Waals surface area contributed by atoms with Crippen molar-refractivity contribution in [3.63, 3.8) is 0 Å². The summed E-state index contributed by atoms with van der Waals surface area (Å²) in [5, 5.41) is 75.4. The van der Waals surface area contributed by atoms with Gasteiger partial charge in [-0.3, -0.25) is 9.59 Å². The summed E-state index contributed by atoms with van der Waals surface area (Å²) in [5.41, 5.74) is -9.67. The molecule has 2 fully saturated rings. The lowest BCUT2D eigenvalue weighted by Gasteiger charge is -2.08. The lowest BCUT2D eigenvalue weighted by atomic mass is 9.91. The van der Waals surface area contributed by atoms with Gasteiger partial charge in [0.25, 0.3) is 0 Å². The molecule has 2 aliphatic rings. The van der Waals surface area contributed by atoms with Crippen molar-refractivity contribution in [2.75, 3.05) is 0 Å². The molecule has 10 heteroatoms. The molecule has 0 aromatic heterocycles.